The highest BCUT2D eigenvalue weighted by atomic mass is 31.2. The van der Waals surface area contributed by atoms with Crippen LogP contribution >= 0.6 is 7.82 Å². The number of quaternary nitrogens is 1. The van der Waals surface area contributed by atoms with Gasteiger partial charge in [-0.15, -0.1) is 0 Å². The van der Waals surface area contributed by atoms with Gasteiger partial charge in [-0.1, -0.05) is 232 Å². The minimum atomic E-state index is -4.61. The Kier molecular flexibility index (Phi) is 42.6. The van der Waals surface area contributed by atoms with Crippen LogP contribution in [0.1, 0.15) is 258 Å². The summed E-state index contributed by atoms with van der Waals surface area (Å²) in [5.74, 6) is -0.834. The van der Waals surface area contributed by atoms with E-state index < -0.39 is 32.5 Å². The van der Waals surface area contributed by atoms with Gasteiger partial charge in [0.05, 0.1) is 27.7 Å². The lowest BCUT2D eigenvalue weighted by Crippen LogP contribution is -2.37. The first kappa shape index (κ1) is 59.0. The summed E-state index contributed by atoms with van der Waals surface area (Å²) in [6.07, 6.45) is 46.5. The van der Waals surface area contributed by atoms with Crippen LogP contribution in [0.25, 0.3) is 0 Å². The Morgan fingerprint density at radius 2 is 0.750 bits per heavy atom. The van der Waals surface area contributed by atoms with E-state index in [0.29, 0.717) is 17.4 Å². The highest BCUT2D eigenvalue weighted by molar-refractivity contribution is 7.45. The minimum Gasteiger partial charge on any atom is -0.756 e. The lowest BCUT2D eigenvalue weighted by Gasteiger charge is -2.28. The van der Waals surface area contributed by atoms with Gasteiger partial charge in [0.2, 0.25) is 0 Å². The first-order valence-electron chi connectivity index (χ1n) is 25.7. The van der Waals surface area contributed by atoms with Crippen molar-refractivity contribution in [3.05, 3.63) is 0 Å². The molecule has 0 saturated carbocycles. The van der Waals surface area contributed by atoms with Gasteiger partial charge in [0.1, 0.15) is 19.8 Å². The molecular weight excluding hydrogens is 774 g/mol. The van der Waals surface area contributed by atoms with Gasteiger partial charge in [-0.05, 0) is 12.8 Å². The van der Waals surface area contributed by atoms with Crippen molar-refractivity contribution in [2.45, 2.75) is 264 Å². The van der Waals surface area contributed by atoms with Gasteiger partial charge in [0.25, 0.3) is 7.82 Å². The summed E-state index contributed by atoms with van der Waals surface area (Å²) in [5, 5.41) is 0. The Bertz CT molecular complexity index is 990. The molecule has 0 fully saturated rings. The fourth-order valence-corrected chi connectivity index (χ4v) is 8.33. The quantitative estimate of drug-likeness (QED) is 0.0257. The highest BCUT2D eigenvalue weighted by Gasteiger charge is 2.21. The lowest BCUT2D eigenvalue weighted by atomic mass is 10.0. The molecule has 0 aliphatic carbocycles. The molecule has 0 rings (SSSR count). The maximum absolute atomic E-state index is 12.6. The monoisotopic (exact) mass is 874 g/mol. The number of phosphoric acid groups is 1. The maximum atomic E-state index is 12.6. The van der Waals surface area contributed by atoms with Crippen LogP contribution in [0.3, 0.4) is 0 Å². The zero-order valence-electron chi connectivity index (χ0n) is 40.4. The number of phosphoric ester groups is 1. The van der Waals surface area contributed by atoms with Gasteiger partial charge >= 0.3 is 11.9 Å². The van der Waals surface area contributed by atoms with Crippen LogP contribution in [0.15, 0.2) is 0 Å². The summed E-state index contributed by atoms with van der Waals surface area (Å²) < 4.78 is 33.7. The molecule has 2 atom stereocenters. The van der Waals surface area contributed by atoms with Gasteiger partial charge < -0.3 is 27.9 Å². The fourth-order valence-electron chi connectivity index (χ4n) is 7.60. The van der Waals surface area contributed by atoms with Crippen molar-refractivity contribution in [3.8, 4) is 0 Å². The van der Waals surface area contributed by atoms with E-state index in [-0.39, 0.29) is 26.1 Å². The van der Waals surface area contributed by atoms with Crippen LogP contribution in [-0.4, -0.2) is 70.0 Å². The number of ether oxygens (including phenoxy) is 2. The molecule has 2 unspecified atom stereocenters. The van der Waals surface area contributed by atoms with E-state index in [9.17, 15) is 19.0 Å². The van der Waals surface area contributed by atoms with E-state index in [1.165, 1.54) is 180 Å². The summed E-state index contributed by atoms with van der Waals surface area (Å²) in [6.45, 7) is 4.17. The summed E-state index contributed by atoms with van der Waals surface area (Å²) in [7, 11) is 1.18. The first-order valence-corrected chi connectivity index (χ1v) is 27.2. The van der Waals surface area contributed by atoms with Gasteiger partial charge in [0.15, 0.2) is 6.10 Å². The van der Waals surface area contributed by atoms with Crippen LogP contribution in [0.2, 0.25) is 0 Å². The van der Waals surface area contributed by atoms with Crippen molar-refractivity contribution >= 4 is 19.8 Å². The smallest absolute Gasteiger partial charge is 0.306 e. The largest absolute Gasteiger partial charge is 0.756 e. The normalized spacial score (nSPS) is 13.4. The zero-order valence-corrected chi connectivity index (χ0v) is 41.3. The molecule has 0 aromatic rings. The molecule has 0 aliphatic rings. The van der Waals surface area contributed by atoms with E-state index in [4.69, 9.17) is 18.5 Å². The van der Waals surface area contributed by atoms with Gasteiger partial charge in [-0.2, -0.15) is 0 Å². The van der Waals surface area contributed by atoms with Crippen LogP contribution in [0, 0.1) is 0 Å². The van der Waals surface area contributed by atoms with Gasteiger partial charge in [-0.25, -0.2) is 0 Å². The average molecular weight is 874 g/mol. The molecule has 358 valence electrons. The second kappa shape index (κ2) is 43.3. The Balaban J connectivity index is 3.81. The molecule has 60 heavy (non-hydrogen) atoms. The topological polar surface area (TPSA) is 111 Å². The van der Waals surface area contributed by atoms with E-state index in [2.05, 4.69) is 13.8 Å². The van der Waals surface area contributed by atoms with E-state index >= 15 is 0 Å². The predicted molar refractivity (Wildman–Crippen MR) is 250 cm³/mol. The van der Waals surface area contributed by atoms with E-state index in [1.807, 2.05) is 21.1 Å². The zero-order chi connectivity index (χ0) is 44.3. The standard InChI is InChI=1S/C50H100NO8P/c1-6-8-10-12-13-14-15-16-17-18-19-20-21-22-23-24-25-26-27-28-29-30-31-32-33-34-35-36-37-39-41-43-50(53)59-48(46-56-49(52)42-40-38-11-9-7-2)47-58-60(54,55)57-45-44-51(3,4)5/h48H,6-47H2,1-5H3. The number of unbranched alkanes of at least 4 members (excludes halogenated alkanes) is 34. The Morgan fingerprint density at radius 3 is 1.07 bits per heavy atom. The van der Waals surface area contributed by atoms with Crippen molar-refractivity contribution in [3.63, 3.8) is 0 Å². The molecule has 0 spiro atoms. The van der Waals surface area contributed by atoms with Crippen LogP contribution in [0.4, 0.5) is 0 Å². The number of nitrogens with zero attached hydrogens (tertiary/aromatic N) is 1. The molecule has 0 aromatic carbocycles. The molecule has 0 radical (unpaired) electrons. The van der Waals surface area contributed by atoms with Crippen molar-refractivity contribution in [1.29, 1.82) is 0 Å². The fraction of sp³-hybridized carbons (Fsp3) is 0.960. The minimum absolute atomic E-state index is 0.0263. The summed E-state index contributed by atoms with van der Waals surface area (Å²) in [5.41, 5.74) is 0. The van der Waals surface area contributed by atoms with E-state index in [1.54, 1.807) is 0 Å². The lowest BCUT2D eigenvalue weighted by molar-refractivity contribution is -0.870. The number of likely N-dealkylation sites (N-methyl/N-ethyl adjacent to an activating group) is 1. The Hall–Kier alpha value is -0.990. The third kappa shape index (κ3) is 46.5. The Morgan fingerprint density at radius 1 is 0.450 bits per heavy atom. The molecule has 0 aromatic heterocycles. The number of rotatable bonds is 48. The van der Waals surface area contributed by atoms with Crippen molar-refractivity contribution in [2.24, 2.45) is 0 Å². The molecule has 0 amide bonds. The van der Waals surface area contributed by atoms with Crippen LogP contribution in [-0.2, 0) is 32.7 Å². The summed E-state index contributed by atoms with van der Waals surface area (Å²) in [6, 6.07) is 0. The van der Waals surface area contributed by atoms with Crippen LogP contribution in [0.5, 0.6) is 0 Å². The number of esters is 2. The highest BCUT2D eigenvalue weighted by Crippen LogP contribution is 2.38. The second-order valence-electron chi connectivity index (χ2n) is 18.9. The molecule has 0 N–H and O–H groups in total. The van der Waals surface area contributed by atoms with Crippen LogP contribution < -0.4 is 4.89 Å². The number of carbonyl (C=O) groups is 2. The SMILES string of the molecule is CCCCCCCCCCCCCCCCCCCCCCCCCCCCCCCCCC(=O)OC(COC(=O)CCCCCCC)COP(=O)([O-])OCC[N+](C)(C)C. The molecule has 10 heteroatoms. The van der Waals surface area contributed by atoms with E-state index in [0.717, 1.165) is 44.9 Å². The average Bonchev–Trinajstić information content (AvgIpc) is 3.20. The molecule has 9 nitrogen and oxygen atoms in total. The summed E-state index contributed by atoms with van der Waals surface area (Å²) >= 11 is 0. The van der Waals surface area contributed by atoms with Crippen molar-refractivity contribution < 1.29 is 42.1 Å². The third-order valence-electron chi connectivity index (χ3n) is 11.6. The Labute approximate surface area is 372 Å². The predicted octanol–water partition coefficient (Wildman–Crippen LogP) is 14.5. The number of carbonyl (C=O) groups excluding carboxylic acids is 2. The number of hydrogen-bond donors (Lipinski definition) is 0. The second-order valence-corrected chi connectivity index (χ2v) is 20.3. The van der Waals surface area contributed by atoms with Crippen molar-refractivity contribution in [1.82, 2.24) is 0 Å². The number of hydrogen-bond acceptors (Lipinski definition) is 8. The summed E-state index contributed by atoms with van der Waals surface area (Å²) in [4.78, 5) is 37.2. The third-order valence-corrected chi connectivity index (χ3v) is 12.6. The first-order chi connectivity index (χ1) is 29.0. The van der Waals surface area contributed by atoms with Gasteiger partial charge in [0, 0.05) is 12.8 Å². The molecule has 0 bridgehead atoms. The molecular formula is C50H100NO8P. The van der Waals surface area contributed by atoms with Gasteiger partial charge in [-0.3, -0.25) is 14.2 Å². The van der Waals surface area contributed by atoms with Crippen molar-refractivity contribution in [2.75, 3.05) is 47.5 Å². The molecule has 0 heterocycles. The maximum Gasteiger partial charge on any atom is 0.306 e. The molecule has 0 saturated heterocycles. The molecule has 0 aliphatic heterocycles.